The van der Waals surface area contributed by atoms with Gasteiger partial charge < -0.3 is 5.32 Å². The number of aromatic nitrogens is 2. The zero-order valence-electron chi connectivity index (χ0n) is 10.8. The van der Waals surface area contributed by atoms with Crippen molar-refractivity contribution < 1.29 is 8.42 Å². The molecule has 0 saturated heterocycles. The van der Waals surface area contributed by atoms with Crippen molar-refractivity contribution in [1.82, 2.24) is 9.78 Å². The summed E-state index contributed by atoms with van der Waals surface area (Å²) < 4.78 is 28.4. The Balaban J connectivity index is 2.21. The highest BCUT2D eigenvalue weighted by Gasteiger charge is 2.14. The first-order chi connectivity index (χ1) is 9.05. The molecule has 0 aliphatic carbocycles. The van der Waals surface area contributed by atoms with Gasteiger partial charge in [0.1, 0.15) is 0 Å². The summed E-state index contributed by atoms with van der Waals surface area (Å²) in [4.78, 5) is 0.218. The molecule has 0 atom stereocenters. The van der Waals surface area contributed by atoms with Crippen molar-refractivity contribution in [3.05, 3.63) is 36.7 Å². The number of hydrogen-bond donors (Lipinski definition) is 2. The fourth-order valence-corrected chi connectivity index (χ4v) is 2.63. The molecule has 0 aliphatic rings. The van der Waals surface area contributed by atoms with Crippen LogP contribution in [0.4, 0.5) is 11.4 Å². The van der Waals surface area contributed by atoms with E-state index in [1.54, 1.807) is 42.2 Å². The highest BCUT2D eigenvalue weighted by Crippen LogP contribution is 2.17. The molecule has 1 heterocycles. The first kappa shape index (κ1) is 13.4. The van der Waals surface area contributed by atoms with Gasteiger partial charge in [-0.05, 0) is 31.2 Å². The lowest BCUT2D eigenvalue weighted by Crippen LogP contribution is -2.12. The zero-order valence-corrected chi connectivity index (χ0v) is 11.6. The van der Waals surface area contributed by atoms with E-state index < -0.39 is 10.0 Å². The summed E-state index contributed by atoms with van der Waals surface area (Å²) in [7, 11) is -1.79. The third-order valence-corrected chi connectivity index (χ3v) is 4.06. The van der Waals surface area contributed by atoms with E-state index in [1.165, 1.54) is 6.20 Å². The minimum atomic E-state index is -3.56. The van der Waals surface area contributed by atoms with Gasteiger partial charge in [0.05, 0.1) is 16.8 Å². The fourth-order valence-electron chi connectivity index (χ4n) is 1.60. The Morgan fingerprint density at radius 2 is 1.89 bits per heavy atom. The second-order valence-electron chi connectivity index (χ2n) is 3.96. The molecule has 0 amide bonds. The standard InChI is InChI=1S/C12H16N4O2S/c1-3-16-9-11(8-14-16)15-19(17,18)12-6-4-10(13-2)5-7-12/h4-9,13,15H,3H2,1-2H3. The van der Waals surface area contributed by atoms with Crippen LogP contribution >= 0.6 is 0 Å². The summed E-state index contributed by atoms with van der Waals surface area (Å²) in [5, 5.41) is 6.96. The normalized spacial score (nSPS) is 11.3. The van der Waals surface area contributed by atoms with Crippen molar-refractivity contribution in [3.63, 3.8) is 0 Å². The van der Waals surface area contributed by atoms with E-state index in [0.717, 1.165) is 5.69 Å². The topological polar surface area (TPSA) is 76.0 Å². The number of hydrogen-bond acceptors (Lipinski definition) is 4. The predicted molar refractivity (Wildman–Crippen MR) is 74.7 cm³/mol. The molecule has 1 aromatic heterocycles. The van der Waals surface area contributed by atoms with Crippen LogP contribution in [0.25, 0.3) is 0 Å². The van der Waals surface area contributed by atoms with Gasteiger partial charge in [0.25, 0.3) is 10.0 Å². The molecule has 0 unspecified atom stereocenters. The lowest BCUT2D eigenvalue weighted by Gasteiger charge is -2.06. The van der Waals surface area contributed by atoms with E-state index in [4.69, 9.17) is 0 Å². The predicted octanol–water partition coefficient (Wildman–Crippen LogP) is 1.75. The SMILES string of the molecule is CCn1cc(NS(=O)(=O)c2ccc(NC)cc2)cn1. The molecule has 0 saturated carbocycles. The van der Waals surface area contributed by atoms with Gasteiger partial charge in [-0.25, -0.2) is 8.42 Å². The van der Waals surface area contributed by atoms with Crippen molar-refractivity contribution in [2.75, 3.05) is 17.1 Å². The number of nitrogens with one attached hydrogen (secondary N) is 2. The van der Waals surface area contributed by atoms with Crippen molar-refractivity contribution in [2.45, 2.75) is 18.4 Å². The quantitative estimate of drug-likeness (QED) is 0.874. The summed E-state index contributed by atoms with van der Waals surface area (Å²) in [5.41, 5.74) is 1.32. The minimum Gasteiger partial charge on any atom is -0.388 e. The maximum atomic E-state index is 12.1. The Kier molecular flexibility index (Phi) is 3.75. The molecule has 102 valence electrons. The van der Waals surface area contributed by atoms with E-state index in [0.29, 0.717) is 12.2 Å². The van der Waals surface area contributed by atoms with Gasteiger partial charge in [-0.1, -0.05) is 0 Å². The Bertz CT molecular complexity index is 647. The molecule has 2 rings (SSSR count). The Morgan fingerprint density at radius 3 is 2.42 bits per heavy atom. The molecule has 0 aliphatic heterocycles. The van der Waals surface area contributed by atoms with Gasteiger partial charge in [0.2, 0.25) is 0 Å². The van der Waals surface area contributed by atoms with Crippen LogP contribution < -0.4 is 10.0 Å². The van der Waals surface area contributed by atoms with Crippen molar-refractivity contribution in [1.29, 1.82) is 0 Å². The van der Waals surface area contributed by atoms with E-state index in [-0.39, 0.29) is 4.90 Å². The summed E-state index contributed by atoms with van der Waals surface area (Å²) in [6.45, 7) is 2.63. The zero-order chi connectivity index (χ0) is 13.9. The Labute approximate surface area is 112 Å². The number of sulfonamides is 1. The summed E-state index contributed by atoms with van der Waals surface area (Å²) >= 11 is 0. The third kappa shape index (κ3) is 3.05. The molecular weight excluding hydrogens is 264 g/mol. The van der Waals surface area contributed by atoms with E-state index in [9.17, 15) is 8.42 Å². The molecule has 2 N–H and O–H groups in total. The number of nitrogens with zero attached hydrogens (tertiary/aromatic N) is 2. The van der Waals surface area contributed by atoms with Crippen LogP contribution in [0.2, 0.25) is 0 Å². The lowest BCUT2D eigenvalue weighted by molar-refractivity contribution is 0.601. The summed E-state index contributed by atoms with van der Waals surface area (Å²) in [5.74, 6) is 0. The second-order valence-corrected chi connectivity index (χ2v) is 5.65. The van der Waals surface area contributed by atoms with Crippen LogP contribution in [0.3, 0.4) is 0 Å². The Morgan fingerprint density at radius 1 is 1.21 bits per heavy atom. The monoisotopic (exact) mass is 280 g/mol. The minimum absolute atomic E-state index is 0.218. The Hall–Kier alpha value is -2.02. The van der Waals surface area contributed by atoms with Crippen LogP contribution in [-0.4, -0.2) is 25.2 Å². The molecule has 0 spiro atoms. The average molecular weight is 280 g/mol. The van der Waals surface area contributed by atoms with Gasteiger partial charge in [-0.3, -0.25) is 9.40 Å². The van der Waals surface area contributed by atoms with Crippen molar-refractivity contribution in [2.24, 2.45) is 0 Å². The molecule has 0 fully saturated rings. The highest BCUT2D eigenvalue weighted by atomic mass is 32.2. The summed E-state index contributed by atoms with van der Waals surface area (Å²) in [6, 6.07) is 6.53. The second kappa shape index (κ2) is 5.31. The number of benzene rings is 1. The van der Waals surface area contributed by atoms with Crippen LogP contribution in [0.5, 0.6) is 0 Å². The molecule has 7 heteroatoms. The van der Waals surface area contributed by atoms with Crippen LogP contribution in [-0.2, 0) is 16.6 Å². The molecule has 6 nitrogen and oxygen atoms in total. The maximum absolute atomic E-state index is 12.1. The van der Waals surface area contributed by atoms with Crippen LogP contribution in [0, 0.1) is 0 Å². The van der Waals surface area contributed by atoms with Crippen molar-refractivity contribution in [3.8, 4) is 0 Å². The molecule has 1 aromatic carbocycles. The van der Waals surface area contributed by atoms with Crippen LogP contribution in [0.1, 0.15) is 6.92 Å². The van der Waals surface area contributed by atoms with Crippen molar-refractivity contribution >= 4 is 21.4 Å². The number of rotatable bonds is 5. The lowest BCUT2D eigenvalue weighted by atomic mass is 10.3. The van der Waals surface area contributed by atoms with Gasteiger partial charge in [0.15, 0.2) is 0 Å². The molecule has 19 heavy (non-hydrogen) atoms. The average Bonchev–Trinajstić information content (AvgIpc) is 2.85. The largest absolute Gasteiger partial charge is 0.388 e. The first-order valence-electron chi connectivity index (χ1n) is 5.88. The smallest absolute Gasteiger partial charge is 0.261 e. The first-order valence-corrected chi connectivity index (χ1v) is 7.36. The number of anilines is 2. The summed E-state index contributed by atoms with van der Waals surface area (Å²) in [6.07, 6.45) is 3.14. The van der Waals surface area contributed by atoms with Gasteiger partial charge in [-0.2, -0.15) is 5.10 Å². The van der Waals surface area contributed by atoms with Gasteiger partial charge in [-0.15, -0.1) is 0 Å². The van der Waals surface area contributed by atoms with Crippen LogP contribution in [0.15, 0.2) is 41.6 Å². The highest BCUT2D eigenvalue weighted by molar-refractivity contribution is 7.92. The van der Waals surface area contributed by atoms with E-state index >= 15 is 0 Å². The van der Waals surface area contributed by atoms with Gasteiger partial charge in [0, 0.05) is 25.5 Å². The van der Waals surface area contributed by atoms with E-state index in [1.807, 2.05) is 6.92 Å². The van der Waals surface area contributed by atoms with E-state index in [2.05, 4.69) is 15.1 Å². The molecular formula is C12H16N4O2S. The molecule has 0 bridgehead atoms. The maximum Gasteiger partial charge on any atom is 0.261 e. The fraction of sp³-hybridized carbons (Fsp3) is 0.250. The molecule has 2 aromatic rings. The molecule has 0 radical (unpaired) electrons. The van der Waals surface area contributed by atoms with Gasteiger partial charge >= 0.3 is 0 Å². The number of aryl methyl sites for hydroxylation is 1. The third-order valence-electron chi connectivity index (χ3n) is 2.66.